The van der Waals surface area contributed by atoms with Gasteiger partial charge in [0, 0.05) is 37.0 Å². The lowest BCUT2D eigenvalue weighted by Gasteiger charge is -2.24. The molecule has 0 spiro atoms. The van der Waals surface area contributed by atoms with E-state index in [1.807, 2.05) is 44.3 Å². The fourth-order valence-electron chi connectivity index (χ4n) is 4.52. The SMILES string of the molecule is COCC(C)n1c(SCC(=O)C=C2N(C)c3ccccc3C2(C)C)nc2ccccc2c1=O. The maximum absolute atomic E-state index is 13.2. The average Bonchev–Trinajstić information content (AvgIpc) is 2.99. The number of allylic oxidation sites excluding steroid dienone is 2. The number of para-hydroxylation sites is 2. The molecule has 172 valence electrons. The van der Waals surface area contributed by atoms with Crippen LogP contribution in [0, 0.1) is 0 Å². The molecule has 0 saturated heterocycles. The van der Waals surface area contributed by atoms with E-state index >= 15 is 0 Å². The summed E-state index contributed by atoms with van der Waals surface area (Å²) in [5.41, 5.74) is 3.53. The molecule has 33 heavy (non-hydrogen) atoms. The third kappa shape index (κ3) is 4.23. The molecule has 7 heteroatoms. The number of benzene rings is 2. The van der Waals surface area contributed by atoms with E-state index in [4.69, 9.17) is 9.72 Å². The smallest absolute Gasteiger partial charge is 0.262 e. The van der Waals surface area contributed by atoms with E-state index in [0.29, 0.717) is 22.7 Å². The van der Waals surface area contributed by atoms with Gasteiger partial charge in [-0.25, -0.2) is 4.98 Å². The fraction of sp³-hybridized carbons (Fsp3) is 0.346. The van der Waals surface area contributed by atoms with E-state index < -0.39 is 0 Å². The first-order valence-electron chi connectivity index (χ1n) is 11.0. The summed E-state index contributed by atoms with van der Waals surface area (Å²) in [6, 6.07) is 15.3. The van der Waals surface area contributed by atoms with Crippen LogP contribution in [0.25, 0.3) is 10.9 Å². The Morgan fingerprint density at radius 1 is 1.18 bits per heavy atom. The predicted octanol–water partition coefficient (Wildman–Crippen LogP) is 4.58. The number of carbonyl (C=O) groups excluding carboxylic acids is 1. The van der Waals surface area contributed by atoms with Crippen LogP contribution in [0.15, 0.2) is 70.3 Å². The summed E-state index contributed by atoms with van der Waals surface area (Å²) in [6.45, 7) is 6.57. The standard InChI is InChI=1S/C26H29N3O3S/c1-17(15-32-5)29-24(31)19-10-6-8-12-21(19)27-25(29)33-16-18(30)14-23-26(2,3)20-11-7-9-13-22(20)28(23)4/h6-14,17H,15-16H2,1-5H3. The number of aromatic nitrogens is 2. The van der Waals surface area contributed by atoms with Crippen LogP contribution in [-0.2, 0) is 14.9 Å². The highest BCUT2D eigenvalue weighted by atomic mass is 32.2. The van der Waals surface area contributed by atoms with E-state index in [1.54, 1.807) is 23.8 Å². The maximum atomic E-state index is 13.2. The molecule has 1 aliphatic rings. The predicted molar refractivity (Wildman–Crippen MR) is 134 cm³/mol. The zero-order valence-electron chi connectivity index (χ0n) is 19.7. The Bertz CT molecular complexity index is 1300. The Labute approximate surface area is 198 Å². The zero-order valence-corrected chi connectivity index (χ0v) is 20.5. The molecule has 1 unspecified atom stereocenters. The number of nitrogens with zero attached hydrogens (tertiary/aromatic N) is 3. The van der Waals surface area contributed by atoms with Crippen molar-refractivity contribution in [3.05, 3.63) is 76.2 Å². The largest absolute Gasteiger partial charge is 0.383 e. The molecular formula is C26H29N3O3S. The fourth-order valence-corrected chi connectivity index (χ4v) is 5.44. The molecule has 0 N–H and O–H groups in total. The molecule has 1 atom stereocenters. The molecule has 3 aromatic rings. The van der Waals surface area contributed by atoms with Crippen molar-refractivity contribution >= 4 is 34.1 Å². The summed E-state index contributed by atoms with van der Waals surface area (Å²) in [5.74, 6) is 0.171. The molecule has 1 aliphatic heterocycles. The number of ketones is 1. The summed E-state index contributed by atoms with van der Waals surface area (Å²) in [6.07, 6.45) is 1.73. The molecule has 2 heterocycles. The second kappa shape index (κ2) is 9.15. The number of fused-ring (bicyclic) bond motifs is 2. The minimum atomic E-state index is -0.262. The van der Waals surface area contributed by atoms with Crippen LogP contribution >= 0.6 is 11.8 Å². The first-order valence-corrected chi connectivity index (χ1v) is 12.0. The van der Waals surface area contributed by atoms with Crippen molar-refractivity contribution in [1.82, 2.24) is 9.55 Å². The highest BCUT2D eigenvalue weighted by Crippen LogP contribution is 2.46. The lowest BCUT2D eigenvalue weighted by Crippen LogP contribution is -2.28. The summed E-state index contributed by atoms with van der Waals surface area (Å²) in [7, 11) is 3.60. The third-order valence-electron chi connectivity index (χ3n) is 6.21. The molecule has 4 rings (SSSR count). The van der Waals surface area contributed by atoms with Crippen molar-refractivity contribution in [2.75, 3.05) is 31.4 Å². The monoisotopic (exact) mass is 463 g/mol. The van der Waals surface area contributed by atoms with E-state index in [9.17, 15) is 9.59 Å². The van der Waals surface area contributed by atoms with Gasteiger partial charge in [-0.05, 0) is 30.7 Å². The van der Waals surface area contributed by atoms with Crippen molar-refractivity contribution in [3.8, 4) is 0 Å². The lowest BCUT2D eigenvalue weighted by atomic mass is 9.83. The zero-order chi connectivity index (χ0) is 23.8. The molecule has 0 fully saturated rings. The molecule has 0 radical (unpaired) electrons. The summed E-state index contributed by atoms with van der Waals surface area (Å²) < 4.78 is 6.92. The van der Waals surface area contributed by atoms with Gasteiger partial charge >= 0.3 is 0 Å². The highest BCUT2D eigenvalue weighted by molar-refractivity contribution is 7.99. The van der Waals surface area contributed by atoms with Gasteiger partial charge in [0.15, 0.2) is 10.9 Å². The van der Waals surface area contributed by atoms with Crippen LogP contribution in [0.2, 0.25) is 0 Å². The summed E-state index contributed by atoms with van der Waals surface area (Å²) >= 11 is 1.29. The molecular weight excluding hydrogens is 434 g/mol. The molecule has 0 bridgehead atoms. The minimum absolute atomic E-state index is 0.0175. The van der Waals surface area contributed by atoms with Crippen molar-refractivity contribution < 1.29 is 9.53 Å². The summed E-state index contributed by atoms with van der Waals surface area (Å²) in [4.78, 5) is 33.0. The van der Waals surface area contributed by atoms with E-state index in [1.165, 1.54) is 17.3 Å². The maximum Gasteiger partial charge on any atom is 0.262 e. The first-order chi connectivity index (χ1) is 15.8. The summed E-state index contributed by atoms with van der Waals surface area (Å²) in [5, 5.41) is 1.09. The number of hydrogen-bond donors (Lipinski definition) is 0. The Morgan fingerprint density at radius 3 is 2.61 bits per heavy atom. The van der Waals surface area contributed by atoms with E-state index in [0.717, 1.165) is 11.4 Å². The number of rotatable bonds is 7. The number of methoxy groups -OCH3 is 1. The Balaban J connectivity index is 1.63. The van der Waals surface area contributed by atoms with Crippen LogP contribution < -0.4 is 10.5 Å². The van der Waals surface area contributed by atoms with Crippen LogP contribution in [-0.4, -0.2) is 41.9 Å². The molecule has 0 saturated carbocycles. The number of carbonyl (C=O) groups is 1. The minimum Gasteiger partial charge on any atom is -0.383 e. The molecule has 1 aromatic heterocycles. The molecule has 6 nitrogen and oxygen atoms in total. The average molecular weight is 464 g/mol. The number of likely N-dealkylation sites (N-methyl/N-ethyl adjacent to an activating group) is 1. The Hall–Kier alpha value is -2.90. The van der Waals surface area contributed by atoms with Crippen LogP contribution in [0.5, 0.6) is 0 Å². The number of thioether (sulfide) groups is 1. The highest BCUT2D eigenvalue weighted by Gasteiger charge is 2.38. The third-order valence-corrected chi connectivity index (χ3v) is 7.18. The van der Waals surface area contributed by atoms with Gasteiger partial charge in [0.25, 0.3) is 5.56 Å². The van der Waals surface area contributed by atoms with Crippen molar-refractivity contribution in [2.24, 2.45) is 0 Å². The van der Waals surface area contributed by atoms with Crippen molar-refractivity contribution in [3.63, 3.8) is 0 Å². The van der Waals surface area contributed by atoms with Crippen LogP contribution in [0.4, 0.5) is 5.69 Å². The Kier molecular flexibility index (Phi) is 6.45. The van der Waals surface area contributed by atoms with Gasteiger partial charge in [0.05, 0.1) is 29.3 Å². The van der Waals surface area contributed by atoms with Crippen LogP contribution in [0.1, 0.15) is 32.4 Å². The normalized spacial score (nSPS) is 16.9. The number of ether oxygens (including phenoxy) is 1. The van der Waals surface area contributed by atoms with Crippen molar-refractivity contribution in [2.45, 2.75) is 37.4 Å². The first kappa shape index (κ1) is 23.3. The van der Waals surface area contributed by atoms with Gasteiger partial charge in [-0.15, -0.1) is 0 Å². The van der Waals surface area contributed by atoms with Gasteiger partial charge in [0.1, 0.15) is 0 Å². The quantitative estimate of drug-likeness (QED) is 0.290. The molecule has 0 amide bonds. The van der Waals surface area contributed by atoms with Crippen molar-refractivity contribution in [1.29, 1.82) is 0 Å². The van der Waals surface area contributed by atoms with Crippen LogP contribution in [0.3, 0.4) is 0 Å². The lowest BCUT2D eigenvalue weighted by molar-refractivity contribution is -0.112. The molecule has 0 aliphatic carbocycles. The molecule has 2 aromatic carbocycles. The van der Waals surface area contributed by atoms with Gasteiger partial charge in [-0.1, -0.05) is 55.9 Å². The topological polar surface area (TPSA) is 64.4 Å². The van der Waals surface area contributed by atoms with E-state index in [-0.39, 0.29) is 28.6 Å². The second-order valence-electron chi connectivity index (χ2n) is 8.88. The number of anilines is 1. The van der Waals surface area contributed by atoms with E-state index in [2.05, 4.69) is 30.9 Å². The number of hydrogen-bond acceptors (Lipinski definition) is 6. The van der Waals surface area contributed by atoms with Gasteiger partial charge in [-0.2, -0.15) is 0 Å². The Morgan fingerprint density at radius 2 is 1.88 bits per heavy atom. The van der Waals surface area contributed by atoms with Gasteiger partial charge in [-0.3, -0.25) is 14.2 Å². The van der Waals surface area contributed by atoms with Gasteiger partial charge in [0.2, 0.25) is 0 Å². The van der Waals surface area contributed by atoms with Gasteiger partial charge < -0.3 is 9.64 Å². The second-order valence-corrected chi connectivity index (χ2v) is 9.82.